The number of nitrogens with two attached hydrogens (primary N) is 1. The van der Waals surface area contributed by atoms with Gasteiger partial charge < -0.3 is 5.32 Å². The molecule has 0 saturated heterocycles. The molecule has 0 aliphatic heterocycles. The second-order valence-electron chi connectivity index (χ2n) is 4.83. The molecule has 122 valence electrons. The number of carbonyl (C=O) groups excluding carboxylic acids is 1. The predicted octanol–water partition coefficient (Wildman–Crippen LogP) is 0.562. The van der Waals surface area contributed by atoms with Crippen LogP contribution in [0.5, 0.6) is 0 Å². The van der Waals surface area contributed by atoms with Gasteiger partial charge in [0.25, 0.3) is 5.91 Å². The molecule has 0 radical (unpaired) electrons. The third kappa shape index (κ3) is 3.45. The number of hydrogen-bond donors (Lipinski definition) is 2. The summed E-state index contributed by atoms with van der Waals surface area (Å²) in [5.74, 6) is -0.406. The highest BCUT2D eigenvalue weighted by Gasteiger charge is 2.11. The number of primary sulfonamides is 1. The van der Waals surface area contributed by atoms with E-state index in [0.29, 0.717) is 16.9 Å². The van der Waals surface area contributed by atoms with Crippen molar-refractivity contribution in [2.45, 2.75) is 4.90 Å². The minimum atomic E-state index is -3.84. The van der Waals surface area contributed by atoms with E-state index < -0.39 is 15.9 Å². The Morgan fingerprint density at radius 2 is 1.92 bits per heavy atom. The molecule has 3 rings (SSSR count). The van der Waals surface area contributed by atoms with Crippen LogP contribution < -0.4 is 10.5 Å². The summed E-state index contributed by atoms with van der Waals surface area (Å²) in [4.78, 5) is 12.3. The van der Waals surface area contributed by atoms with Crippen LogP contribution in [0.3, 0.4) is 0 Å². The number of nitrogens with zero attached hydrogens (tertiary/aromatic N) is 4. The second-order valence-corrected chi connectivity index (χ2v) is 6.39. The lowest BCUT2D eigenvalue weighted by Crippen LogP contribution is -2.15. The van der Waals surface area contributed by atoms with Crippen molar-refractivity contribution in [3.63, 3.8) is 0 Å². The molecule has 0 saturated carbocycles. The van der Waals surface area contributed by atoms with Crippen LogP contribution in [0.4, 0.5) is 5.69 Å². The standard InChI is InChI=1S/C14H12N6O3S/c15-24(22,23)13-6-2-4-11(8-13)17-14(21)10-3-1-5-12(7-10)20-9-16-18-19-20/h1-9H,(H,17,21)(H2,15,22,23). The molecular formula is C14H12N6O3S. The van der Waals surface area contributed by atoms with Crippen molar-refractivity contribution in [1.29, 1.82) is 0 Å². The number of hydrogen-bond acceptors (Lipinski definition) is 6. The molecule has 0 fully saturated rings. The van der Waals surface area contributed by atoms with Crippen molar-refractivity contribution < 1.29 is 13.2 Å². The van der Waals surface area contributed by atoms with E-state index in [-0.39, 0.29) is 4.90 Å². The van der Waals surface area contributed by atoms with Gasteiger partial charge in [-0.25, -0.2) is 18.2 Å². The Morgan fingerprint density at radius 1 is 1.12 bits per heavy atom. The fourth-order valence-electron chi connectivity index (χ4n) is 2.02. The fraction of sp³-hybridized carbons (Fsp3) is 0. The van der Waals surface area contributed by atoms with Crippen molar-refractivity contribution in [2.24, 2.45) is 5.14 Å². The number of benzene rings is 2. The maximum atomic E-state index is 12.3. The Balaban J connectivity index is 1.85. The topological polar surface area (TPSA) is 133 Å². The van der Waals surface area contributed by atoms with E-state index in [0.717, 1.165) is 0 Å². The molecule has 10 heteroatoms. The van der Waals surface area contributed by atoms with E-state index >= 15 is 0 Å². The zero-order valence-corrected chi connectivity index (χ0v) is 13.0. The average Bonchev–Trinajstić information content (AvgIpc) is 3.09. The first-order valence-electron chi connectivity index (χ1n) is 6.71. The number of sulfonamides is 1. The Hall–Kier alpha value is -3.11. The molecule has 0 spiro atoms. The molecule has 1 heterocycles. The summed E-state index contributed by atoms with van der Waals surface area (Å²) in [5.41, 5.74) is 1.30. The van der Waals surface area contributed by atoms with E-state index in [2.05, 4.69) is 20.8 Å². The number of nitrogens with one attached hydrogen (secondary N) is 1. The van der Waals surface area contributed by atoms with Gasteiger partial charge in [0, 0.05) is 11.3 Å². The largest absolute Gasteiger partial charge is 0.322 e. The van der Waals surface area contributed by atoms with Gasteiger partial charge >= 0.3 is 0 Å². The monoisotopic (exact) mass is 344 g/mol. The van der Waals surface area contributed by atoms with Crippen molar-refractivity contribution in [3.8, 4) is 5.69 Å². The number of anilines is 1. The van der Waals surface area contributed by atoms with Gasteiger partial charge in [0.1, 0.15) is 6.33 Å². The smallest absolute Gasteiger partial charge is 0.255 e. The number of carbonyl (C=O) groups is 1. The van der Waals surface area contributed by atoms with Crippen LogP contribution >= 0.6 is 0 Å². The van der Waals surface area contributed by atoms with Crippen molar-refractivity contribution >= 4 is 21.6 Å². The van der Waals surface area contributed by atoms with Crippen LogP contribution in [0, 0.1) is 0 Å². The van der Waals surface area contributed by atoms with Crippen molar-refractivity contribution in [2.75, 3.05) is 5.32 Å². The fourth-order valence-corrected chi connectivity index (χ4v) is 2.58. The molecule has 0 aliphatic carbocycles. The number of aromatic nitrogens is 4. The van der Waals surface area contributed by atoms with Gasteiger partial charge in [-0.1, -0.05) is 12.1 Å². The zero-order chi connectivity index (χ0) is 17.2. The van der Waals surface area contributed by atoms with Gasteiger partial charge in [-0.2, -0.15) is 0 Å². The van der Waals surface area contributed by atoms with Crippen molar-refractivity contribution in [1.82, 2.24) is 20.2 Å². The molecule has 24 heavy (non-hydrogen) atoms. The number of amides is 1. The maximum absolute atomic E-state index is 12.3. The third-order valence-electron chi connectivity index (χ3n) is 3.14. The molecule has 3 aromatic rings. The summed E-state index contributed by atoms with van der Waals surface area (Å²) < 4.78 is 24.1. The van der Waals surface area contributed by atoms with Gasteiger partial charge in [-0.15, -0.1) is 5.10 Å². The highest BCUT2D eigenvalue weighted by atomic mass is 32.2. The molecule has 1 amide bonds. The predicted molar refractivity (Wildman–Crippen MR) is 84.9 cm³/mol. The Morgan fingerprint density at radius 3 is 2.62 bits per heavy atom. The quantitative estimate of drug-likeness (QED) is 0.710. The van der Waals surface area contributed by atoms with Crippen LogP contribution in [-0.4, -0.2) is 34.5 Å². The zero-order valence-electron chi connectivity index (χ0n) is 12.2. The highest BCUT2D eigenvalue weighted by molar-refractivity contribution is 7.89. The molecule has 9 nitrogen and oxygen atoms in total. The summed E-state index contributed by atoms with van der Waals surface area (Å²) >= 11 is 0. The Kier molecular flexibility index (Phi) is 4.06. The second kappa shape index (κ2) is 6.18. The summed E-state index contributed by atoms with van der Waals surface area (Å²) in [5, 5.41) is 18.5. The maximum Gasteiger partial charge on any atom is 0.255 e. The lowest BCUT2D eigenvalue weighted by atomic mass is 10.2. The summed E-state index contributed by atoms with van der Waals surface area (Å²) in [6.07, 6.45) is 1.41. The molecule has 0 bridgehead atoms. The van der Waals surface area contributed by atoms with Crippen LogP contribution in [0.25, 0.3) is 5.69 Å². The van der Waals surface area contributed by atoms with Gasteiger partial charge in [0.15, 0.2) is 0 Å². The molecule has 1 aromatic heterocycles. The van der Waals surface area contributed by atoms with E-state index in [9.17, 15) is 13.2 Å². The van der Waals surface area contributed by atoms with Crippen LogP contribution in [0.15, 0.2) is 59.8 Å². The van der Waals surface area contributed by atoms with Crippen LogP contribution in [0.1, 0.15) is 10.4 Å². The van der Waals surface area contributed by atoms with Crippen molar-refractivity contribution in [3.05, 3.63) is 60.4 Å². The van der Waals surface area contributed by atoms with Gasteiger partial charge in [-0.3, -0.25) is 4.79 Å². The molecule has 2 aromatic carbocycles. The summed E-state index contributed by atoms with van der Waals surface area (Å²) in [6.45, 7) is 0. The minimum absolute atomic E-state index is 0.0808. The Labute approximate surface area is 137 Å². The minimum Gasteiger partial charge on any atom is -0.322 e. The summed E-state index contributed by atoms with van der Waals surface area (Å²) in [6, 6.07) is 12.4. The number of rotatable bonds is 4. The normalized spacial score (nSPS) is 11.2. The Bertz CT molecular complexity index is 985. The number of tetrazole rings is 1. The summed E-state index contributed by atoms with van der Waals surface area (Å²) in [7, 11) is -3.84. The first-order valence-corrected chi connectivity index (χ1v) is 8.26. The first-order chi connectivity index (χ1) is 11.4. The SMILES string of the molecule is NS(=O)(=O)c1cccc(NC(=O)c2cccc(-n3cnnn3)c2)c1. The van der Waals surface area contributed by atoms with Crippen LogP contribution in [0.2, 0.25) is 0 Å². The molecule has 0 unspecified atom stereocenters. The lowest BCUT2D eigenvalue weighted by molar-refractivity contribution is 0.102. The van der Waals surface area contributed by atoms with Gasteiger partial charge in [0.05, 0.1) is 10.6 Å². The van der Waals surface area contributed by atoms with E-state index in [4.69, 9.17) is 5.14 Å². The third-order valence-corrected chi connectivity index (χ3v) is 4.05. The van der Waals surface area contributed by atoms with E-state index in [1.54, 1.807) is 30.3 Å². The highest BCUT2D eigenvalue weighted by Crippen LogP contribution is 2.16. The van der Waals surface area contributed by atoms with Gasteiger partial charge in [-0.05, 0) is 46.8 Å². The average molecular weight is 344 g/mol. The molecule has 0 atom stereocenters. The van der Waals surface area contributed by atoms with Gasteiger partial charge in [0.2, 0.25) is 10.0 Å². The molecular weight excluding hydrogens is 332 g/mol. The lowest BCUT2D eigenvalue weighted by Gasteiger charge is -2.08. The van der Waals surface area contributed by atoms with E-state index in [1.165, 1.54) is 29.2 Å². The first kappa shape index (κ1) is 15.8. The molecule has 3 N–H and O–H groups in total. The molecule has 0 aliphatic rings. The van der Waals surface area contributed by atoms with E-state index in [1.807, 2.05) is 0 Å². The van der Waals surface area contributed by atoms with Crippen LogP contribution in [-0.2, 0) is 10.0 Å².